The van der Waals surface area contributed by atoms with Crippen LogP contribution in [0.2, 0.25) is 0 Å². The third kappa shape index (κ3) is 16.4. The zero-order chi connectivity index (χ0) is 24.0. The van der Waals surface area contributed by atoms with Crippen LogP contribution >= 0.6 is 0 Å². The molecule has 0 heterocycles. The summed E-state index contributed by atoms with van der Waals surface area (Å²) in [6.45, 7) is 4.86. The molecule has 0 fully saturated rings. The molecule has 0 amide bonds. The van der Waals surface area contributed by atoms with Gasteiger partial charge in [0.2, 0.25) is 0 Å². The lowest BCUT2D eigenvalue weighted by molar-refractivity contribution is -0.144. The summed E-state index contributed by atoms with van der Waals surface area (Å²) >= 11 is 0. The minimum Gasteiger partial charge on any atom is -0.466 e. The summed E-state index contributed by atoms with van der Waals surface area (Å²) in [7, 11) is 0. The molecule has 1 aromatic rings. The maximum atomic E-state index is 12.1. The third-order valence-electron chi connectivity index (χ3n) is 5.99. The highest BCUT2D eigenvalue weighted by Gasteiger charge is 2.10. The van der Waals surface area contributed by atoms with Gasteiger partial charge in [-0.05, 0) is 30.9 Å². The number of para-hydroxylation sites is 1. The van der Waals surface area contributed by atoms with E-state index in [4.69, 9.17) is 9.47 Å². The largest absolute Gasteiger partial charge is 0.466 e. The molecule has 0 aliphatic rings. The number of aryl methyl sites for hydroxylation is 1. The number of rotatable bonds is 21. The Hall–Kier alpha value is -1.84. The maximum Gasteiger partial charge on any atom is 0.311 e. The first-order valence-electron chi connectivity index (χ1n) is 13.6. The molecule has 0 aliphatic carbocycles. The molecule has 33 heavy (non-hydrogen) atoms. The topological polar surface area (TPSA) is 52.6 Å². The van der Waals surface area contributed by atoms with Crippen LogP contribution in [-0.2, 0) is 20.7 Å². The Morgan fingerprint density at radius 1 is 0.636 bits per heavy atom. The van der Waals surface area contributed by atoms with Gasteiger partial charge in [-0.2, -0.15) is 0 Å². The fourth-order valence-electron chi connectivity index (χ4n) is 4.01. The lowest BCUT2D eigenvalue weighted by Gasteiger charge is -2.09. The lowest BCUT2D eigenvalue weighted by atomic mass is 10.0. The number of hydrogen-bond acceptors (Lipinski definition) is 4. The second-order valence-corrected chi connectivity index (χ2v) is 9.15. The average molecular weight is 461 g/mol. The molecule has 0 saturated carbocycles. The van der Waals surface area contributed by atoms with Crippen LogP contribution in [0.5, 0.6) is 5.75 Å². The van der Waals surface area contributed by atoms with Gasteiger partial charge >= 0.3 is 11.9 Å². The first-order chi connectivity index (χ1) is 16.2. The number of benzene rings is 1. The van der Waals surface area contributed by atoms with E-state index < -0.39 is 0 Å². The minimum absolute atomic E-state index is 0.215. The van der Waals surface area contributed by atoms with Gasteiger partial charge < -0.3 is 9.47 Å². The smallest absolute Gasteiger partial charge is 0.311 e. The molecule has 0 aliphatic heterocycles. The van der Waals surface area contributed by atoms with E-state index in [1.165, 1.54) is 70.6 Å². The molecule has 188 valence electrons. The molecule has 0 atom stereocenters. The van der Waals surface area contributed by atoms with Crippen molar-refractivity contribution in [2.75, 3.05) is 6.61 Å². The van der Waals surface area contributed by atoms with Crippen LogP contribution in [0.4, 0.5) is 0 Å². The van der Waals surface area contributed by atoms with E-state index >= 15 is 0 Å². The highest BCUT2D eigenvalue weighted by Crippen LogP contribution is 2.20. The lowest BCUT2D eigenvalue weighted by Crippen LogP contribution is -2.11. The van der Waals surface area contributed by atoms with Gasteiger partial charge in [0.1, 0.15) is 5.75 Å². The van der Waals surface area contributed by atoms with Crippen LogP contribution in [0.25, 0.3) is 0 Å². The molecule has 0 aromatic heterocycles. The van der Waals surface area contributed by atoms with E-state index in [0.717, 1.165) is 31.2 Å². The highest BCUT2D eigenvalue weighted by molar-refractivity contribution is 5.74. The summed E-state index contributed by atoms with van der Waals surface area (Å²) in [5.41, 5.74) is 1.05. The van der Waals surface area contributed by atoms with Crippen molar-refractivity contribution in [3.05, 3.63) is 29.8 Å². The van der Waals surface area contributed by atoms with Crippen LogP contribution in [0.15, 0.2) is 24.3 Å². The Morgan fingerprint density at radius 3 is 1.79 bits per heavy atom. The summed E-state index contributed by atoms with van der Waals surface area (Å²) < 4.78 is 10.8. The van der Waals surface area contributed by atoms with E-state index in [0.29, 0.717) is 18.8 Å². The Bertz CT molecular complexity index is 626. The molecule has 1 aromatic carbocycles. The summed E-state index contributed by atoms with van der Waals surface area (Å²) in [6.07, 6.45) is 19.8. The summed E-state index contributed by atoms with van der Waals surface area (Å²) in [5.74, 6) is 0.130. The van der Waals surface area contributed by atoms with Crippen LogP contribution in [0.1, 0.15) is 129 Å². The van der Waals surface area contributed by atoms with Crippen molar-refractivity contribution in [1.29, 1.82) is 0 Å². The Labute approximate surface area is 202 Å². The fourth-order valence-corrected chi connectivity index (χ4v) is 4.01. The van der Waals surface area contributed by atoms with Crippen molar-refractivity contribution in [2.24, 2.45) is 0 Å². The minimum atomic E-state index is -0.289. The zero-order valence-electron chi connectivity index (χ0n) is 21.4. The van der Waals surface area contributed by atoms with Gasteiger partial charge in [0, 0.05) is 12.8 Å². The molecule has 0 unspecified atom stereocenters. The molecule has 0 bridgehead atoms. The number of esters is 2. The van der Waals surface area contributed by atoms with E-state index in [1.807, 2.05) is 24.3 Å². The van der Waals surface area contributed by atoms with Crippen LogP contribution < -0.4 is 4.74 Å². The normalized spacial score (nSPS) is 10.8. The number of unbranched alkanes of at least 4 members (excludes halogenated alkanes) is 12. The first kappa shape index (κ1) is 29.2. The standard InChI is InChI=1S/C29H48O4/c1-3-5-6-7-8-9-10-11-12-13-14-15-18-25-32-28(30)23-19-24-29(31)33-27-22-17-16-21-26(27)20-4-2/h16-17,21-22H,3-15,18-20,23-25H2,1-2H3. The van der Waals surface area contributed by atoms with Crippen LogP contribution in [0, 0.1) is 0 Å². The van der Waals surface area contributed by atoms with Gasteiger partial charge in [-0.25, -0.2) is 0 Å². The van der Waals surface area contributed by atoms with Gasteiger partial charge in [-0.3, -0.25) is 9.59 Å². The van der Waals surface area contributed by atoms with Crippen molar-refractivity contribution in [1.82, 2.24) is 0 Å². The second kappa shape index (κ2) is 20.7. The first-order valence-corrected chi connectivity index (χ1v) is 13.6. The summed E-state index contributed by atoms with van der Waals surface area (Å²) in [5, 5.41) is 0. The average Bonchev–Trinajstić information content (AvgIpc) is 2.80. The fraction of sp³-hybridized carbons (Fsp3) is 0.724. The van der Waals surface area contributed by atoms with Crippen molar-refractivity contribution in [2.45, 2.75) is 129 Å². The molecule has 0 spiro atoms. The van der Waals surface area contributed by atoms with Crippen molar-refractivity contribution < 1.29 is 19.1 Å². The number of carbonyl (C=O) groups is 2. The Kier molecular flexibility index (Phi) is 18.4. The van der Waals surface area contributed by atoms with Crippen molar-refractivity contribution in [3.8, 4) is 5.75 Å². The highest BCUT2D eigenvalue weighted by atomic mass is 16.5. The van der Waals surface area contributed by atoms with E-state index in [9.17, 15) is 9.59 Å². The van der Waals surface area contributed by atoms with Gasteiger partial charge in [0.15, 0.2) is 0 Å². The van der Waals surface area contributed by atoms with Gasteiger partial charge in [-0.1, -0.05) is 116 Å². The quantitative estimate of drug-likeness (QED) is 0.105. The third-order valence-corrected chi connectivity index (χ3v) is 5.99. The Morgan fingerprint density at radius 2 is 1.18 bits per heavy atom. The molecule has 4 heteroatoms. The zero-order valence-corrected chi connectivity index (χ0v) is 21.4. The van der Waals surface area contributed by atoms with Gasteiger partial charge in [-0.15, -0.1) is 0 Å². The molecule has 0 N–H and O–H groups in total. The molecule has 0 saturated heterocycles. The van der Waals surface area contributed by atoms with Crippen LogP contribution in [0.3, 0.4) is 0 Å². The number of ether oxygens (including phenoxy) is 2. The number of hydrogen-bond donors (Lipinski definition) is 0. The monoisotopic (exact) mass is 460 g/mol. The summed E-state index contributed by atoms with van der Waals surface area (Å²) in [6, 6.07) is 7.64. The van der Waals surface area contributed by atoms with E-state index in [2.05, 4.69) is 13.8 Å². The molecular formula is C29H48O4. The Balaban J connectivity index is 1.93. The predicted octanol–water partition coefficient (Wildman–Crippen LogP) is 8.35. The maximum absolute atomic E-state index is 12.1. The molecule has 0 radical (unpaired) electrons. The van der Waals surface area contributed by atoms with E-state index in [1.54, 1.807) is 0 Å². The molecule has 1 rings (SSSR count). The van der Waals surface area contributed by atoms with Gasteiger partial charge in [0.25, 0.3) is 0 Å². The predicted molar refractivity (Wildman–Crippen MR) is 137 cm³/mol. The van der Waals surface area contributed by atoms with Gasteiger partial charge in [0.05, 0.1) is 6.61 Å². The van der Waals surface area contributed by atoms with Crippen LogP contribution in [-0.4, -0.2) is 18.5 Å². The summed E-state index contributed by atoms with van der Waals surface area (Å²) in [4.78, 5) is 23.9. The SMILES string of the molecule is CCCCCCCCCCCCCCCOC(=O)CCCC(=O)Oc1ccccc1CCC. The van der Waals surface area contributed by atoms with E-state index in [-0.39, 0.29) is 24.8 Å². The molecule has 4 nitrogen and oxygen atoms in total. The molecular weight excluding hydrogens is 412 g/mol. The number of carbonyl (C=O) groups excluding carboxylic acids is 2. The van der Waals surface area contributed by atoms with Crippen molar-refractivity contribution in [3.63, 3.8) is 0 Å². The van der Waals surface area contributed by atoms with Crippen molar-refractivity contribution >= 4 is 11.9 Å². The second-order valence-electron chi connectivity index (χ2n) is 9.15.